The van der Waals surface area contributed by atoms with Crippen LogP contribution in [0, 0.1) is 0 Å². The molecular weight excluding hydrogens is 462 g/mol. The molecule has 0 radical (unpaired) electrons. The van der Waals surface area contributed by atoms with Crippen LogP contribution in [0.4, 0.5) is 13.2 Å². The normalized spacial score (nSPS) is 11.5. The summed E-state index contributed by atoms with van der Waals surface area (Å²) in [6, 6.07) is 5.71. The predicted octanol–water partition coefficient (Wildman–Crippen LogP) is 3.76. The van der Waals surface area contributed by atoms with Gasteiger partial charge < -0.3 is 20.1 Å². The van der Waals surface area contributed by atoms with Crippen molar-refractivity contribution in [2.75, 3.05) is 33.4 Å². The smallest absolute Gasteiger partial charge is 0.390 e. The number of aliphatic imine (C=N–C) groups is 1. The lowest BCUT2D eigenvalue weighted by atomic mass is 10.1. The Kier molecular flexibility index (Phi) is 12.2. The Morgan fingerprint density at radius 3 is 2.23 bits per heavy atom. The summed E-state index contributed by atoms with van der Waals surface area (Å²) in [4.78, 5) is 3.91. The van der Waals surface area contributed by atoms with Crippen molar-refractivity contribution in [3.63, 3.8) is 0 Å². The second-order valence-electron chi connectivity index (χ2n) is 5.19. The molecule has 0 aliphatic carbocycles. The van der Waals surface area contributed by atoms with Gasteiger partial charge in [-0.3, -0.25) is 4.99 Å². The van der Waals surface area contributed by atoms with E-state index in [2.05, 4.69) is 15.6 Å². The van der Waals surface area contributed by atoms with Crippen molar-refractivity contribution in [3.05, 3.63) is 23.8 Å². The van der Waals surface area contributed by atoms with Crippen LogP contribution < -0.4 is 20.1 Å². The number of alkyl halides is 3. The summed E-state index contributed by atoms with van der Waals surface area (Å²) in [6.07, 6.45) is -4.40. The average molecular weight is 489 g/mol. The Bertz CT molecular complexity index is 555. The van der Waals surface area contributed by atoms with Gasteiger partial charge in [0.05, 0.1) is 19.6 Å². The fourth-order valence-electron chi connectivity index (χ4n) is 2.12. The molecule has 26 heavy (non-hydrogen) atoms. The third kappa shape index (κ3) is 9.93. The van der Waals surface area contributed by atoms with Crippen LogP contribution in [-0.2, 0) is 6.42 Å². The van der Waals surface area contributed by atoms with Crippen molar-refractivity contribution < 1.29 is 22.6 Å². The molecule has 1 rings (SSSR count). The maximum atomic E-state index is 12.1. The van der Waals surface area contributed by atoms with Crippen molar-refractivity contribution in [2.24, 2.45) is 4.99 Å². The van der Waals surface area contributed by atoms with Gasteiger partial charge >= 0.3 is 6.18 Å². The average Bonchev–Trinajstić information content (AvgIpc) is 2.55. The van der Waals surface area contributed by atoms with E-state index in [0.717, 1.165) is 5.56 Å². The van der Waals surface area contributed by atoms with E-state index in [1.165, 1.54) is 7.05 Å². The summed E-state index contributed by atoms with van der Waals surface area (Å²) in [5, 5.41) is 5.64. The van der Waals surface area contributed by atoms with E-state index in [1.54, 1.807) is 0 Å². The van der Waals surface area contributed by atoms with Crippen LogP contribution in [0.5, 0.6) is 11.5 Å². The first-order valence-electron chi connectivity index (χ1n) is 8.29. The van der Waals surface area contributed by atoms with E-state index in [-0.39, 0.29) is 30.5 Å². The number of nitrogens with one attached hydrogen (secondary N) is 2. The fourth-order valence-corrected chi connectivity index (χ4v) is 2.12. The molecule has 0 aromatic heterocycles. The highest BCUT2D eigenvalue weighted by Gasteiger charge is 2.26. The zero-order valence-corrected chi connectivity index (χ0v) is 17.6. The summed E-state index contributed by atoms with van der Waals surface area (Å²) < 4.78 is 47.5. The van der Waals surface area contributed by atoms with Crippen LogP contribution >= 0.6 is 24.0 Å². The van der Waals surface area contributed by atoms with Crippen molar-refractivity contribution >= 4 is 29.9 Å². The standard InChI is InChI=1S/C17H26F3N3O2.HI/c1-4-24-14-7-6-13(12-15(14)25-5-2)8-10-22-16(21-3)23-11-9-17(18,19)20;/h6-7,12H,4-5,8-11H2,1-3H3,(H2,21,22,23);1H. The van der Waals surface area contributed by atoms with E-state index in [0.29, 0.717) is 43.6 Å². The lowest BCUT2D eigenvalue weighted by molar-refractivity contribution is -0.132. The third-order valence-electron chi connectivity index (χ3n) is 3.24. The minimum atomic E-state index is -4.18. The van der Waals surface area contributed by atoms with Gasteiger partial charge in [0.2, 0.25) is 0 Å². The van der Waals surface area contributed by atoms with Gasteiger partial charge in [-0.25, -0.2) is 0 Å². The van der Waals surface area contributed by atoms with Crippen LogP contribution in [0.15, 0.2) is 23.2 Å². The third-order valence-corrected chi connectivity index (χ3v) is 3.24. The van der Waals surface area contributed by atoms with Gasteiger partial charge in [-0.15, -0.1) is 24.0 Å². The molecule has 0 saturated carbocycles. The van der Waals surface area contributed by atoms with Crippen molar-refractivity contribution in [1.29, 1.82) is 0 Å². The maximum absolute atomic E-state index is 12.1. The van der Waals surface area contributed by atoms with Crippen LogP contribution in [-0.4, -0.2) is 45.5 Å². The highest BCUT2D eigenvalue weighted by Crippen LogP contribution is 2.28. The van der Waals surface area contributed by atoms with Crippen LogP contribution in [0.25, 0.3) is 0 Å². The molecule has 2 N–H and O–H groups in total. The van der Waals surface area contributed by atoms with Gasteiger partial charge in [0.25, 0.3) is 0 Å². The quantitative estimate of drug-likeness (QED) is 0.315. The summed E-state index contributed by atoms with van der Waals surface area (Å²) in [6.45, 7) is 5.23. The van der Waals surface area contributed by atoms with Crippen molar-refractivity contribution in [3.8, 4) is 11.5 Å². The Labute approximate surface area is 169 Å². The zero-order valence-electron chi connectivity index (χ0n) is 15.3. The molecular formula is C17H27F3IN3O2. The van der Waals surface area contributed by atoms with Gasteiger partial charge in [0, 0.05) is 20.1 Å². The highest BCUT2D eigenvalue weighted by molar-refractivity contribution is 14.0. The van der Waals surface area contributed by atoms with E-state index >= 15 is 0 Å². The fraction of sp³-hybridized carbons (Fsp3) is 0.588. The van der Waals surface area contributed by atoms with E-state index in [4.69, 9.17) is 9.47 Å². The second-order valence-corrected chi connectivity index (χ2v) is 5.19. The molecule has 0 saturated heterocycles. The van der Waals surface area contributed by atoms with Gasteiger partial charge in [0.15, 0.2) is 17.5 Å². The SMILES string of the molecule is CCOc1ccc(CCNC(=NC)NCCC(F)(F)F)cc1OCC.I. The Morgan fingerprint density at radius 2 is 1.65 bits per heavy atom. The molecule has 0 heterocycles. The summed E-state index contributed by atoms with van der Waals surface area (Å²) >= 11 is 0. The molecule has 0 aliphatic heterocycles. The monoisotopic (exact) mass is 489 g/mol. The Morgan fingerprint density at radius 1 is 1.04 bits per heavy atom. The maximum Gasteiger partial charge on any atom is 0.390 e. The molecule has 0 atom stereocenters. The van der Waals surface area contributed by atoms with E-state index in [1.807, 2.05) is 32.0 Å². The number of nitrogens with zero attached hydrogens (tertiary/aromatic N) is 1. The van der Waals surface area contributed by atoms with Crippen LogP contribution in [0.3, 0.4) is 0 Å². The van der Waals surface area contributed by atoms with Gasteiger partial charge in [-0.1, -0.05) is 6.07 Å². The second kappa shape index (κ2) is 12.9. The van der Waals surface area contributed by atoms with Crippen molar-refractivity contribution in [1.82, 2.24) is 10.6 Å². The van der Waals surface area contributed by atoms with Gasteiger partial charge in [-0.2, -0.15) is 13.2 Å². The molecule has 0 aliphatic rings. The first-order valence-corrected chi connectivity index (χ1v) is 8.29. The summed E-state index contributed by atoms with van der Waals surface area (Å²) in [5.41, 5.74) is 1.03. The molecule has 1 aromatic carbocycles. The summed E-state index contributed by atoms with van der Waals surface area (Å²) in [7, 11) is 1.52. The molecule has 150 valence electrons. The molecule has 1 aromatic rings. The number of benzene rings is 1. The first-order chi connectivity index (χ1) is 11.9. The number of guanidine groups is 1. The lowest BCUT2D eigenvalue weighted by Gasteiger charge is -2.14. The lowest BCUT2D eigenvalue weighted by Crippen LogP contribution is -2.39. The van der Waals surface area contributed by atoms with Crippen molar-refractivity contribution in [2.45, 2.75) is 32.9 Å². The molecule has 5 nitrogen and oxygen atoms in total. The minimum Gasteiger partial charge on any atom is -0.490 e. The van der Waals surface area contributed by atoms with Crippen LogP contribution in [0.1, 0.15) is 25.8 Å². The number of rotatable bonds is 9. The largest absolute Gasteiger partial charge is 0.490 e. The molecule has 9 heteroatoms. The molecule has 0 fully saturated rings. The summed E-state index contributed by atoms with van der Waals surface area (Å²) in [5.74, 6) is 1.74. The Balaban J connectivity index is 0.00000625. The molecule has 0 bridgehead atoms. The molecule has 0 amide bonds. The molecule has 0 unspecified atom stereocenters. The zero-order chi connectivity index (χ0) is 18.7. The minimum absolute atomic E-state index is 0. The Hall–Kier alpha value is -1.39. The predicted molar refractivity (Wildman–Crippen MR) is 108 cm³/mol. The first kappa shape index (κ1) is 24.6. The number of halogens is 4. The van der Waals surface area contributed by atoms with E-state index < -0.39 is 12.6 Å². The number of hydrogen-bond acceptors (Lipinski definition) is 3. The van der Waals surface area contributed by atoms with Gasteiger partial charge in [-0.05, 0) is 38.0 Å². The number of ether oxygens (including phenoxy) is 2. The number of hydrogen-bond donors (Lipinski definition) is 2. The highest BCUT2D eigenvalue weighted by atomic mass is 127. The topological polar surface area (TPSA) is 54.9 Å². The van der Waals surface area contributed by atoms with Crippen LogP contribution in [0.2, 0.25) is 0 Å². The molecule has 0 spiro atoms. The van der Waals surface area contributed by atoms with E-state index in [9.17, 15) is 13.2 Å². The van der Waals surface area contributed by atoms with Gasteiger partial charge in [0.1, 0.15) is 0 Å².